The molecule has 2 heteroatoms. The van der Waals surface area contributed by atoms with Gasteiger partial charge in [0.2, 0.25) is 0 Å². The van der Waals surface area contributed by atoms with Crippen LogP contribution in [0.15, 0.2) is 18.2 Å². The number of phenolic OH excluding ortho intramolecular Hbond substituents is 1. The van der Waals surface area contributed by atoms with E-state index in [0.29, 0.717) is 12.3 Å². The second kappa shape index (κ2) is 6.46. The first-order chi connectivity index (χ1) is 7.27. The maximum Gasteiger partial charge on any atom is 0.119 e. The molecule has 0 saturated carbocycles. The molecule has 1 aromatic rings. The van der Waals surface area contributed by atoms with Crippen molar-refractivity contribution in [1.29, 1.82) is 0 Å². The number of aromatic hydroxyl groups is 1. The molecule has 1 rings (SSSR count). The molecule has 0 bridgehead atoms. The first kappa shape index (κ1) is 12.1. The van der Waals surface area contributed by atoms with Crippen LogP contribution in [0, 0.1) is 0 Å². The van der Waals surface area contributed by atoms with Gasteiger partial charge in [-0.2, -0.15) is 0 Å². The number of phenols is 1. The zero-order chi connectivity index (χ0) is 11.1. The van der Waals surface area contributed by atoms with Gasteiger partial charge in [0.05, 0.1) is 0 Å². The predicted octanol–water partition coefficient (Wildman–Crippen LogP) is 2.95. The summed E-state index contributed by atoms with van der Waals surface area (Å²) >= 11 is 0. The van der Waals surface area contributed by atoms with Crippen molar-refractivity contribution in [2.24, 2.45) is 0 Å². The number of nitrogens with one attached hydrogen (secondary N) is 1. The summed E-state index contributed by atoms with van der Waals surface area (Å²) in [5.41, 5.74) is 9.27. The van der Waals surface area contributed by atoms with E-state index in [9.17, 15) is 5.11 Å². The van der Waals surface area contributed by atoms with Gasteiger partial charge in [-0.15, -0.1) is 0 Å². The molecule has 0 aliphatic rings. The molecule has 2 N–H and O–H groups in total. The lowest BCUT2D eigenvalue weighted by molar-refractivity contribution is 0.466. The predicted molar refractivity (Wildman–Crippen MR) is 63.0 cm³/mol. The molecule has 15 heavy (non-hydrogen) atoms. The van der Waals surface area contributed by atoms with Gasteiger partial charge < -0.3 is 5.11 Å². The van der Waals surface area contributed by atoms with Gasteiger partial charge in [0.1, 0.15) is 5.75 Å². The Hall–Kier alpha value is -1.02. The lowest BCUT2D eigenvalue weighted by Gasteiger charge is -2.06. The topological polar surface area (TPSA) is 44.0 Å². The molecular formula is C13H20NO. The third-order valence-corrected chi connectivity index (χ3v) is 2.56. The quantitative estimate of drug-likeness (QED) is 0.714. The molecule has 0 atom stereocenters. The fourth-order valence-corrected chi connectivity index (χ4v) is 1.71. The first-order valence-corrected chi connectivity index (χ1v) is 5.73. The van der Waals surface area contributed by atoms with E-state index in [1.165, 1.54) is 5.56 Å². The minimum Gasteiger partial charge on any atom is -0.508 e. The van der Waals surface area contributed by atoms with Crippen LogP contribution in [0.25, 0.3) is 0 Å². The first-order valence-electron chi connectivity index (χ1n) is 5.73. The van der Waals surface area contributed by atoms with Crippen LogP contribution < -0.4 is 5.73 Å². The summed E-state index contributed by atoms with van der Waals surface area (Å²) in [6, 6.07) is 5.99. The van der Waals surface area contributed by atoms with Crippen molar-refractivity contribution in [2.75, 3.05) is 6.54 Å². The number of benzene rings is 1. The van der Waals surface area contributed by atoms with Crippen LogP contribution in [0.5, 0.6) is 5.75 Å². The fourth-order valence-electron chi connectivity index (χ4n) is 1.71. The molecule has 0 amide bonds. The van der Waals surface area contributed by atoms with Gasteiger partial charge in [0.25, 0.3) is 0 Å². The lowest BCUT2D eigenvalue weighted by atomic mass is 10.0. The van der Waals surface area contributed by atoms with E-state index < -0.39 is 0 Å². The third-order valence-electron chi connectivity index (χ3n) is 2.56. The number of unbranched alkanes of at least 4 members (excludes halogenated alkanes) is 1. The van der Waals surface area contributed by atoms with Crippen LogP contribution in [0.2, 0.25) is 0 Å². The third kappa shape index (κ3) is 3.92. The summed E-state index contributed by atoms with van der Waals surface area (Å²) in [7, 11) is 0. The second-order valence-corrected chi connectivity index (χ2v) is 3.92. The molecule has 0 heterocycles. The van der Waals surface area contributed by atoms with Crippen LogP contribution in [-0.2, 0) is 12.8 Å². The van der Waals surface area contributed by atoms with E-state index in [1.54, 1.807) is 0 Å². The SMILES string of the molecule is CCCc1ccc(CCCC[NH])c(O)c1. The summed E-state index contributed by atoms with van der Waals surface area (Å²) < 4.78 is 0. The van der Waals surface area contributed by atoms with E-state index in [2.05, 4.69) is 13.0 Å². The van der Waals surface area contributed by atoms with Crippen LogP contribution >= 0.6 is 0 Å². The zero-order valence-corrected chi connectivity index (χ0v) is 9.42. The van der Waals surface area contributed by atoms with Crippen molar-refractivity contribution in [2.45, 2.75) is 39.0 Å². The Morgan fingerprint density at radius 1 is 1.20 bits per heavy atom. The highest BCUT2D eigenvalue weighted by Gasteiger charge is 2.02. The van der Waals surface area contributed by atoms with Gasteiger partial charge in [-0.25, -0.2) is 0 Å². The number of hydrogen-bond donors (Lipinski definition) is 1. The Bertz CT molecular complexity index is 297. The molecule has 0 fully saturated rings. The average molecular weight is 206 g/mol. The van der Waals surface area contributed by atoms with Gasteiger partial charge in [0, 0.05) is 6.54 Å². The van der Waals surface area contributed by atoms with Crippen LogP contribution in [0.1, 0.15) is 37.3 Å². The summed E-state index contributed by atoms with van der Waals surface area (Å²) in [5.74, 6) is 0.422. The van der Waals surface area contributed by atoms with E-state index in [4.69, 9.17) is 5.73 Å². The summed E-state index contributed by atoms with van der Waals surface area (Å²) in [5, 5.41) is 9.77. The van der Waals surface area contributed by atoms with Gasteiger partial charge in [0.15, 0.2) is 0 Å². The zero-order valence-electron chi connectivity index (χ0n) is 9.42. The molecule has 0 spiro atoms. The van der Waals surface area contributed by atoms with E-state index >= 15 is 0 Å². The summed E-state index contributed by atoms with van der Waals surface area (Å²) in [4.78, 5) is 0. The van der Waals surface area contributed by atoms with Gasteiger partial charge >= 0.3 is 0 Å². The standard InChI is InChI=1S/C13H20NO/c1-2-5-11-7-8-12(13(15)10-11)6-3-4-9-14/h7-8,10,14-15H,2-6,9H2,1H3. The molecule has 0 aliphatic carbocycles. The van der Waals surface area contributed by atoms with Crippen molar-refractivity contribution in [3.63, 3.8) is 0 Å². The minimum absolute atomic E-state index is 0.422. The summed E-state index contributed by atoms with van der Waals surface area (Å²) in [6.07, 6.45) is 4.93. The molecule has 1 radical (unpaired) electrons. The van der Waals surface area contributed by atoms with Gasteiger partial charge in [-0.05, 0) is 42.9 Å². The van der Waals surface area contributed by atoms with Crippen LogP contribution in [0.4, 0.5) is 0 Å². The van der Waals surface area contributed by atoms with Crippen LogP contribution in [-0.4, -0.2) is 11.7 Å². The van der Waals surface area contributed by atoms with Crippen molar-refractivity contribution in [1.82, 2.24) is 5.73 Å². The maximum atomic E-state index is 9.77. The van der Waals surface area contributed by atoms with E-state index in [-0.39, 0.29) is 0 Å². The highest BCUT2D eigenvalue weighted by atomic mass is 16.3. The Kier molecular flexibility index (Phi) is 5.19. The van der Waals surface area contributed by atoms with Crippen molar-refractivity contribution in [3.05, 3.63) is 29.3 Å². The fraction of sp³-hybridized carbons (Fsp3) is 0.538. The van der Waals surface area contributed by atoms with Crippen molar-refractivity contribution < 1.29 is 5.11 Å². The summed E-state index contributed by atoms with van der Waals surface area (Å²) in [6.45, 7) is 2.62. The Morgan fingerprint density at radius 2 is 2.00 bits per heavy atom. The second-order valence-electron chi connectivity index (χ2n) is 3.92. The molecule has 2 nitrogen and oxygen atoms in total. The number of rotatable bonds is 6. The highest BCUT2D eigenvalue weighted by Crippen LogP contribution is 2.21. The molecule has 0 unspecified atom stereocenters. The molecular weight excluding hydrogens is 186 g/mol. The van der Waals surface area contributed by atoms with E-state index in [0.717, 1.165) is 37.7 Å². The minimum atomic E-state index is 0.422. The monoisotopic (exact) mass is 206 g/mol. The largest absolute Gasteiger partial charge is 0.508 e. The molecule has 83 valence electrons. The number of aryl methyl sites for hydroxylation is 2. The normalized spacial score (nSPS) is 10.5. The Labute approximate surface area is 92.1 Å². The maximum absolute atomic E-state index is 9.77. The molecule has 1 aromatic carbocycles. The molecule has 0 aliphatic heterocycles. The highest BCUT2D eigenvalue weighted by molar-refractivity contribution is 5.36. The van der Waals surface area contributed by atoms with Crippen molar-refractivity contribution in [3.8, 4) is 5.75 Å². The lowest BCUT2D eigenvalue weighted by Crippen LogP contribution is -1.92. The molecule has 0 aromatic heterocycles. The van der Waals surface area contributed by atoms with Gasteiger partial charge in [-0.1, -0.05) is 25.5 Å². The smallest absolute Gasteiger partial charge is 0.119 e. The average Bonchev–Trinajstić information content (AvgIpc) is 2.22. The van der Waals surface area contributed by atoms with Crippen LogP contribution in [0.3, 0.4) is 0 Å². The van der Waals surface area contributed by atoms with Gasteiger partial charge in [-0.3, -0.25) is 5.73 Å². The Morgan fingerprint density at radius 3 is 2.60 bits per heavy atom. The molecule has 0 saturated heterocycles. The van der Waals surface area contributed by atoms with Crippen molar-refractivity contribution >= 4 is 0 Å². The Balaban J connectivity index is 2.58. The number of hydrogen-bond acceptors (Lipinski definition) is 1. The van der Waals surface area contributed by atoms with E-state index in [1.807, 2.05) is 12.1 Å².